The molecule has 0 saturated heterocycles. The van der Waals surface area contributed by atoms with Gasteiger partial charge in [0.1, 0.15) is 0 Å². The Hall–Kier alpha value is -1.16. The normalized spacial score (nSPS) is 12.9. The molecule has 1 heterocycles. The standard InChI is InChI=1S/C12H21N3O/c1-8(2)11-6-9(3)14-12(15-11)13-7-10(4)16-5/h6,8,10H,7H2,1-5H3,(H,13,14,15). The van der Waals surface area contributed by atoms with Crippen LogP contribution in [0, 0.1) is 6.92 Å². The lowest BCUT2D eigenvalue weighted by Crippen LogP contribution is -2.19. The van der Waals surface area contributed by atoms with E-state index in [1.807, 2.05) is 19.9 Å². The lowest BCUT2D eigenvalue weighted by Gasteiger charge is -2.12. The van der Waals surface area contributed by atoms with Crippen molar-refractivity contribution in [2.75, 3.05) is 19.0 Å². The van der Waals surface area contributed by atoms with Crippen LogP contribution in [0.15, 0.2) is 6.07 Å². The maximum Gasteiger partial charge on any atom is 0.223 e. The third kappa shape index (κ3) is 3.77. The highest BCUT2D eigenvalue weighted by atomic mass is 16.5. The van der Waals surface area contributed by atoms with Gasteiger partial charge in [-0.15, -0.1) is 0 Å². The largest absolute Gasteiger partial charge is 0.380 e. The van der Waals surface area contributed by atoms with Crippen molar-refractivity contribution in [1.29, 1.82) is 0 Å². The van der Waals surface area contributed by atoms with E-state index in [1.54, 1.807) is 7.11 Å². The molecule has 0 saturated carbocycles. The average molecular weight is 223 g/mol. The summed E-state index contributed by atoms with van der Waals surface area (Å²) in [5.74, 6) is 1.11. The Morgan fingerprint density at radius 2 is 2.00 bits per heavy atom. The van der Waals surface area contributed by atoms with Crippen molar-refractivity contribution in [3.05, 3.63) is 17.5 Å². The highest BCUT2D eigenvalue weighted by Crippen LogP contribution is 2.14. The van der Waals surface area contributed by atoms with Gasteiger partial charge >= 0.3 is 0 Å². The van der Waals surface area contributed by atoms with Crippen LogP contribution < -0.4 is 5.32 Å². The summed E-state index contributed by atoms with van der Waals surface area (Å²) < 4.78 is 5.16. The number of aryl methyl sites for hydroxylation is 1. The number of anilines is 1. The molecule has 0 spiro atoms. The summed E-state index contributed by atoms with van der Waals surface area (Å²) in [5.41, 5.74) is 2.06. The van der Waals surface area contributed by atoms with Crippen molar-refractivity contribution < 1.29 is 4.74 Å². The topological polar surface area (TPSA) is 47.0 Å². The predicted molar refractivity (Wildman–Crippen MR) is 65.8 cm³/mol. The van der Waals surface area contributed by atoms with Gasteiger partial charge in [-0.2, -0.15) is 0 Å². The Kier molecular flexibility index (Phi) is 4.68. The third-order valence-corrected chi connectivity index (χ3v) is 2.42. The molecule has 0 fully saturated rings. The SMILES string of the molecule is COC(C)CNc1nc(C)cc(C(C)C)n1. The fourth-order valence-electron chi connectivity index (χ4n) is 1.29. The van der Waals surface area contributed by atoms with Gasteiger partial charge in [0.05, 0.1) is 6.10 Å². The maximum atomic E-state index is 5.16. The van der Waals surface area contributed by atoms with E-state index in [9.17, 15) is 0 Å². The molecule has 0 aliphatic carbocycles. The second-order valence-corrected chi connectivity index (χ2v) is 4.34. The van der Waals surface area contributed by atoms with Crippen molar-refractivity contribution in [3.63, 3.8) is 0 Å². The van der Waals surface area contributed by atoms with Crippen molar-refractivity contribution in [3.8, 4) is 0 Å². The second kappa shape index (κ2) is 5.80. The summed E-state index contributed by atoms with van der Waals surface area (Å²) >= 11 is 0. The molecular formula is C12H21N3O. The molecule has 1 N–H and O–H groups in total. The zero-order valence-electron chi connectivity index (χ0n) is 10.7. The van der Waals surface area contributed by atoms with Crippen LogP contribution in [-0.2, 0) is 4.74 Å². The van der Waals surface area contributed by atoms with Crippen molar-refractivity contribution in [2.45, 2.75) is 39.7 Å². The number of nitrogens with zero attached hydrogens (tertiary/aromatic N) is 2. The highest BCUT2D eigenvalue weighted by Gasteiger charge is 2.06. The van der Waals surface area contributed by atoms with Gasteiger partial charge in [0.25, 0.3) is 0 Å². The van der Waals surface area contributed by atoms with E-state index in [-0.39, 0.29) is 6.10 Å². The molecule has 0 aromatic carbocycles. The van der Waals surface area contributed by atoms with Crippen LogP contribution >= 0.6 is 0 Å². The molecule has 90 valence electrons. The summed E-state index contributed by atoms with van der Waals surface area (Å²) in [5, 5.41) is 3.18. The van der Waals surface area contributed by atoms with Crippen molar-refractivity contribution in [1.82, 2.24) is 9.97 Å². The molecule has 1 unspecified atom stereocenters. The van der Waals surface area contributed by atoms with Gasteiger partial charge in [0, 0.05) is 25.0 Å². The molecule has 16 heavy (non-hydrogen) atoms. The molecule has 4 heteroatoms. The first kappa shape index (κ1) is 12.9. The first-order valence-corrected chi connectivity index (χ1v) is 5.65. The van der Waals surface area contributed by atoms with Crippen LogP contribution in [-0.4, -0.2) is 29.7 Å². The third-order valence-electron chi connectivity index (χ3n) is 2.42. The summed E-state index contributed by atoms with van der Waals surface area (Å²) in [7, 11) is 1.70. The van der Waals surface area contributed by atoms with Gasteiger partial charge in [-0.25, -0.2) is 9.97 Å². The highest BCUT2D eigenvalue weighted by molar-refractivity contribution is 5.29. The van der Waals surface area contributed by atoms with E-state index in [1.165, 1.54) is 0 Å². The van der Waals surface area contributed by atoms with E-state index in [2.05, 4.69) is 29.1 Å². The van der Waals surface area contributed by atoms with E-state index in [4.69, 9.17) is 4.74 Å². The number of hydrogen-bond donors (Lipinski definition) is 1. The lowest BCUT2D eigenvalue weighted by atomic mass is 10.1. The maximum absolute atomic E-state index is 5.16. The van der Waals surface area contributed by atoms with Gasteiger partial charge in [0.2, 0.25) is 5.95 Å². The average Bonchev–Trinajstić information content (AvgIpc) is 2.25. The Balaban J connectivity index is 2.72. The Labute approximate surface area is 97.5 Å². The minimum absolute atomic E-state index is 0.159. The number of ether oxygens (including phenoxy) is 1. The van der Waals surface area contributed by atoms with Crippen LogP contribution in [0.3, 0.4) is 0 Å². The van der Waals surface area contributed by atoms with Crippen molar-refractivity contribution >= 4 is 5.95 Å². The molecule has 4 nitrogen and oxygen atoms in total. The van der Waals surface area contributed by atoms with Gasteiger partial charge in [-0.3, -0.25) is 0 Å². The monoisotopic (exact) mass is 223 g/mol. The number of hydrogen-bond acceptors (Lipinski definition) is 4. The molecule has 1 atom stereocenters. The van der Waals surface area contributed by atoms with Gasteiger partial charge < -0.3 is 10.1 Å². The molecule has 0 aliphatic heterocycles. The van der Waals surface area contributed by atoms with Crippen molar-refractivity contribution in [2.24, 2.45) is 0 Å². The molecule has 1 aromatic rings. The minimum Gasteiger partial charge on any atom is -0.380 e. The predicted octanol–water partition coefficient (Wildman–Crippen LogP) is 2.36. The molecule has 0 aliphatic rings. The zero-order chi connectivity index (χ0) is 12.1. The molecule has 0 bridgehead atoms. The number of methoxy groups -OCH3 is 1. The molecule has 1 aromatic heterocycles. The van der Waals surface area contributed by atoms with Gasteiger partial charge in [-0.05, 0) is 25.8 Å². The minimum atomic E-state index is 0.159. The summed E-state index contributed by atoms with van der Waals surface area (Å²) in [6.45, 7) is 8.97. The van der Waals surface area contributed by atoms with Crippen LogP contribution in [0.1, 0.15) is 38.1 Å². The van der Waals surface area contributed by atoms with Crippen LogP contribution in [0.4, 0.5) is 5.95 Å². The van der Waals surface area contributed by atoms with E-state index in [0.717, 1.165) is 17.9 Å². The molecule has 0 radical (unpaired) electrons. The smallest absolute Gasteiger partial charge is 0.223 e. The Bertz CT molecular complexity index is 339. The van der Waals surface area contributed by atoms with Crippen LogP contribution in [0.25, 0.3) is 0 Å². The summed E-state index contributed by atoms with van der Waals surface area (Å²) in [6, 6.07) is 2.02. The number of aromatic nitrogens is 2. The second-order valence-electron chi connectivity index (χ2n) is 4.34. The molecular weight excluding hydrogens is 202 g/mol. The van der Waals surface area contributed by atoms with Crippen LogP contribution in [0.5, 0.6) is 0 Å². The fourth-order valence-corrected chi connectivity index (χ4v) is 1.29. The Morgan fingerprint density at radius 3 is 2.56 bits per heavy atom. The first-order chi connectivity index (χ1) is 7.52. The summed E-state index contributed by atoms with van der Waals surface area (Å²) in [6.07, 6.45) is 0.159. The van der Waals surface area contributed by atoms with E-state index in [0.29, 0.717) is 11.9 Å². The van der Waals surface area contributed by atoms with Gasteiger partial charge in [-0.1, -0.05) is 13.8 Å². The quantitative estimate of drug-likeness (QED) is 0.832. The molecule has 0 amide bonds. The fraction of sp³-hybridized carbons (Fsp3) is 0.667. The van der Waals surface area contributed by atoms with E-state index < -0.39 is 0 Å². The number of rotatable bonds is 5. The molecule has 1 rings (SSSR count). The van der Waals surface area contributed by atoms with E-state index >= 15 is 0 Å². The Morgan fingerprint density at radius 1 is 1.31 bits per heavy atom. The van der Waals surface area contributed by atoms with Gasteiger partial charge in [0.15, 0.2) is 0 Å². The summed E-state index contributed by atoms with van der Waals surface area (Å²) in [4.78, 5) is 8.81. The van der Waals surface area contributed by atoms with Crippen LogP contribution in [0.2, 0.25) is 0 Å². The number of nitrogens with one attached hydrogen (secondary N) is 1. The lowest BCUT2D eigenvalue weighted by molar-refractivity contribution is 0.128. The first-order valence-electron chi connectivity index (χ1n) is 5.65. The zero-order valence-corrected chi connectivity index (χ0v) is 10.7.